The van der Waals surface area contributed by atoms with Gasteiger partial charge in [0.25, 0.3) is 0 Å². The molecule has 0 saturated carbocycles. The number of nitrogens with zero attached hydrogens (tertiary/aromatic N) is 1. The molecule has 2 rings (SSSR count). The van der Waals surface area contributed by atoms with Gasteiger partial charge in [0.15, 0.2) is 0 Å². The lowest BCUT2D eigenvalue weighted by Crippen LogP contribution is -1.96. The first kappa shape index (κ1) is 7.24. The molecule has 0 aliphatic carbocycles. The van der Waals surface area contributed by atoms with E-state index in [0.717, 1.165) is 4.88 Å². The molecule has 0 saturated heterocycles. The summed E-state index contributed by atoms with van der Waals surface area (Å²) in [4.78, 5) is 15.6. The Bertz CT molecular complexity index is 419. The van der Waals surface area contributed by atoms with Crippen LogP contribution in [0, 0.1) is 0 Å². The van der Waals surface area contributed by atoms with Crippen LogP contribution in [-0.4, -0.2) is 4.98 Å². The average molecular weight is 179 g/mol. The highest BCUT2D eigenvalue weighted by Gasteiger charge is 2.01. The van der Waals surface area contributed by atoms with Crippen LogP contribution in [0.3, 0.4) is 0 Å². The molecule has 12 heavy (non-hydrogen) atoms. The summed E-state index contributed by atoms with van der Waals surface area (Å²) in [6.45, 7) is 0. The van der Waals surface area contributed by atoms with Gasteiger partial charge in [0.1, 0.15) is 0 Å². The Labute approximate surface area is 72.3 Å². The molecule has 0 unspecified atom stereocenters. The third-order valence-electron chi connectivity index (χ3n) is 1.33. The van der Waals surface area contributed by atoms with Crippen molar-refractivity contribution in [1.29, 1.82) is 0 Å². The van der Waals surface area contributed by atoms with Crippen LogP contribution in [0.15, 0.2) is 39.0 Å². The molecule has 0 spiro atoms. The first-order valence-corrected chi connectivity index (χ1v) is 4.24. The Kier molecular flexibility index (Phi) is 1.75. The van der Waals surface area contributed by atoms with Gasteiger partial charge in [-0.05, 0) is 11.4 Å². The van der Waals surface area contributed by atoms with E-state index in [9.17, 15) is 4.79 Å². The molecule has 0 atom stereocenters. The van der Waals surface area contributed by atoms with Gasteiger partial charge in [0.2, 0.25) is 5.89 Å². The Balaban J connectivity index is 2.55. The van der Waals surface area contributed by atoms with Crippen molar-refractivity contribution in [2.45, 2.75) is 0 Å². The van der Waals surface area contributed by atoms with Crippen molar-refractivity contribution in [3.8, 4) is 10.8 Å². The molecule has 0 radical (unpaired) electrons. The molecule has 0 N–H and O–H groups in total. The molecule has 4 heteroatoms. The van der Waals surface area contributed by atoms with E-state index < -0.39 is 0 Å². The highest BCUT2D eigenvalue weighted by Crippen LogP contribution is 2.20. The maximum atomic E-state index is 10.8. The van der Waals surface area contributed by atoms with Crippen molar-refractivity contribution in [3.05, 3.63) is 40.2 Å². The van der Waals surface area contributed by atoms with Crippen molar-refractivity contribution in [3.63, 3.8) is 0 Å². The van der Waals surface area contributed by atoms with Crippen LogP contribution in [0.2, 0.25) is 0 Å². The van der Waals surface area contributed by atoms with Gasteiger partial charge >= 0.3 is 5.63 Å². The Morgan fingerprint density at radius 3 is 3.00 bits per heavy atom. The standard InChI is InChI=1S/C8H5NO2S/c10-7-3-4-9-8(11-7)6-2-1-5-12-6/h1-5H. The van der Waals surface area contributed by atoms with Gasteiger partial charge in [0.05, 0.1) is 4.88 Å². The fraction of sp³-hybridized carbons (Fsp3) is 0. The van der Waals surface area contributed by atoms with E-state index in [-0.39, 0.29) is 5.63 Å². The summed E-state index contributed by atoms with van der Waals surface area (Å²) >= 11 is 1.49. The van der Waals surface area contributed by atoms with E-state index in [1.54, 1.807) is 0 Å². The minimum Gasteiger partial charge on any atom is -0.403 e. The Morgan fingerprint density at radius 2 is 2.33 bits per heavy atom. The molecule has 60 valence electrons. The van der Waals surface area contributed by atoms with Crippen molar-refractivity contribution >= 4 is 11.3 Å². The van der Waals surface area contributed by atoms with Gasteiger partial charge in [-0.1, -0.05) is 6.07 Å². The van der Waals surface area contributed by atoms with E-state index in [1.807, 2.05) is 17.5 Å². The average Bonchev–Trinajstić information content (AvgIpc) is 2.56. The summed E-state index contributed by atoms with van der Waals surface area (Å²) in [5.41, 5.74) is -0.367. The summed E-state index contributed by atoms with van der Waals surface area (Å²) in [5, 5.41) is 1.91. The molecule has 0 aliphatic rings. The third-order valence-corrected chi connectivity index (χ3v) is 2.19. The third kappa shape index (κ3) is 1.29. The largest absolute Gasteiger partial charge is 0.403 e. The second-order valence-corrected chi connectivity index (χ2v) is 3.10. The van der Waals surface area contributed by atoms with Crippen molar-refractivity contribution in [2.24, 2.45) is 0 Å². The SMILES string of the molecule is O=c1ccnc(-c2cccs2)o1. The number of thiophene rings is 1. The molecule has 2 aromatic rings. The Hall–Kier alpha value is -1.42. The van der Waals surface area contributed by atoms with Gasteiger partial charge in [0, 0.05) is 12.3 Å². The zero-order valence-electron chi connectivity index (χ0n) is 6.06. The smallest absolute Gasteiger partial charge is 0.339 e. The maximum absolute atomic E-state index is 10.8. The second-order valence-electron chi connectivity index (χ2n) is 2.15. The zero-order valence-corrected chi connectivity index (χ0v) is 6.88. The summed E-state index contributed by atoms with van der Waals surface area (Å²) in [6.07, 6.45) is 1.45. The predicted octanol–water partition coefficient (Wildman–Crippen LogP) is 1.76. The number of rotatable bonds is 1. The maximum Gasteiger partial charge on any atom is 0.339 e. The molecule has 0 aromatic carbocycles. The molecule has 0 aliphatic heterocycles. The molecule has 2 heterocycles. The lowest BCUT2D eigenvalue weighted by Gasteiger charge is -1.90. The first-order valence-electron chi connectivity index (χ1n) is 3.36. The molecule has 0 fully saturated rings. The van der Waals surface area contributed by atoms with E-state index in [0.29, 0.717) is 5.89 Å². The molecule has 2 aromatic heterocycles. The zero-order chi connectivity index (χ0) is 8.39. The van der Waals surface area contributed by atoms with Crippen LogP contribution < -0.4 is 5.63 Å². The molecular formula is C8H5NO2S. The highest BCUT2D eigenvalue weighted by atomic mass is 32.1. The van der Waals surface area contributed by atoms with Crippen LogP contribution in [0.5, 0.6) is 0 Å². The van der Waals surface area contributed by atoms with Crippen LogP contribution in [0.1, 0.15) is 0 Å². The topological polar surface area (TPSA) is 43.1 Å². The monoisotopic (exact) mass is 179 g/mol. The minimum atomic E-state index is -0.367. The Morgan fingerprint density at radius 1 is 1.42 bits per heavy atom. The van der Waals surface area contributed by atoms with Crippen LogP contribution >= 0.6 is 11.3 Å². The number of hydrogen-bond donors (Lipinski definition) is 0. The van der Waals surface area contributed by atoms with Gasteiger partial charge in [-0.2, -0.15) is 0 Å². The van der Waals surface area contributed by atoms with Gasteiger partial charge < -0.3 is 4.42 Å². The molecule has 0 amide bonds. The van der Waals surface area contributed by atoms with Gasteiger partial charge in [-0.25, -0.2) is 9.78 Å². The number of hydrogen-bond acceptors (Lipinski definition) is 4. The highest BCUT2D eigenvalue weighted by molar-refractivity contribution is 7.13. The second kappa shape index (κ2) is 2.91. The van der Waals surface area contributed by atoms with E-state index in [1.165, 1.54) is 23.6 Å². The van der Waals surface area contributed by atoms with Gasteiger partial charge in [-0.15, -0.1) is 11.3 Å². The van der Waals surface area contributed by atoms with Crippen LogP contribution in [0.4, 0.5) is 0 Å². The molecule has 3 nitrogen and oxygen atoms in total. The summed E-state index contributed by atoms with van der Waals surface area (Å²) in [6, 6.07) is 5.03. The van der Waals surface area contributed by atoms with Crippen LogP contribution in [-0.2, 0) is 0 Å². The first-order chi connectivity index (χ1) is 5.86. The van der Waals surface area contributed by atoms with Crippen molar-refractivity contribution < 1.29 is 4.42 Å². The van der Waals surface area contributed by atoms with Gasteiger partial charge in [-0.3, -0.25) is 0 Å². The van der Waals surface area contributed by atoms with E-state index in [4.69, 9.17) is 4.42 Å². The fourth-order valence-electron chi connectivity index (χ4n) is 0.836. The molecule has 0 bridgehead atoms. The van der Waals surface area contributed by atoms with E-state index in [2.05, 4.69) is 4.98 Å². The molecular weight excluding hydrogens is 174 g/mol. The summed E-state index contributed by atoms with van der Waals surface area (Å²) < 4.78 is 4.87. The lowest BCUT2D eigenvalue weighted by atomic mass is 10.5. The van der Waals surface area contributed by atoms with Crippen LogP contribution in [0.25, 0.3) is 10.8 Å². The van der Waals surface area contributed by atoms with Crippen molar-refractivity contribution in [1.82, 2.24) is 4.98 Å². The normalized spacial score (nSPS) is 10.0. The predicted molar refractivity (Wildman–Crippen MR) is 46.1 cm³/mol. The summed E-state index contributed by atoms with van der Waals surface area (Å²) in [5.74, 6) is 0.387. The quantitative estimate of drug-likeness (QED) is 0.670. The minimum absolute atomic E-state index is 0.367. The summed E-state index contributed by atoms with van der Waals surface area (Å²) in [7, 11) is 0. The van der Waals surface area contributed by atoms with Crippen molar-refractivity contribution in [2.75, 3.05) is 0 Å². The van der Waals surface area contributed by atoms with E-state index >= 15 is 0 Å². The lowest BCUT2D eigenvalue weighted by molar-refractivity contribution is 0.509. The number of aromatic nitrogens is 1. The fourth-order valence-corrected chi connectivity index (χ4v) is 1.49.